The number of anilines is 3. The molecule has 0 aromatic carbocycles. The number of halogens is 1. The molecule has 138 valence electrons. The Morgan fingerprint density at radius 3 is 2.62 bits per heavy atom. The van der Waals surface area contributed by atoms with E-state index in [0.29, 0.717) is 23.6 Å². The zero-order valence-corrected chi connectivity index (χ0v) is 15.3. The first-order chi connectivity index (χ1) is 12.1. The molecule has 2 atom stereocenters. The summed E-state index contributed by atoms with van der Waals surface area (Å²) in [5.41, 5.74) is 7.02. The monoisotopic (exact) mass is 375 g/mol. The molecule has 2 aromatic heterocycles. The van der Waals surface area contributed by atoms with Gasteiger partial charge in [0.05, 0.1) is 0 Å². The standard InChI is InChI=1S/C17H21N7O.ClH/c1-10-13(4-6-19-15(10)16(18)25)22-17-20-7-5-14(23-17)24-8-11-2-3-12(9-24)21-11;/h4-7,11-12,21H,2-3,8-9H2,1H3,(H2,18,25)(H,19,20,22,23);1H/t11-,12+;. The van der Waals surface area contributed by atoms with Gasteiger partial charge in [-0.25, -0.2) is 4.98 Å². The number of rotatable bonds is 4. The van der Waals surface area contributed by atoms with Crippen LogP contribution in [-0.4, -0.2) is 46.0 Å². The van der Waals surface area contributed by atoms with Crippen molar-refractivity contribution in [2.75, 3.05) is 23.3 Å². The Hall–Kier alpha value is -2.45. The van der Waals surface area contributed by atoms with Crippen LogP contribution in [0.1, 0.15) is 28.9 Å². The molecule has 4 N–H and O–H groups in total. The van der Waals surface area contributed by atoms with Crippen LogP contribution in [0.25, 0.3) is 0 Å². The first kappa shape index (κ1) is 18.3. The summed E-state index contributed by atoms with van der Waals surface area (Å²) in [4.78, 5) is 26.7. The molecular weight excluding hydrogens is 354 g/mol. The van der Waals surface area contributed by atoms with E-state index < -0.39 is 5.91 Å². The number of aromatic nitrogens is 3. The predicted octanol–water partition coefficient (Wildman–Crippen LogP) is 1.38. The summed E-state index contributed by atoms with van der Waals surface area (Å²) in [6.45, 7) is 3.73. The minimum absolute atomic E-state index is 0. The van der Waals surface area contributed by atoms with Crippen LogP contribution in [0, 0.1) is 6.92 Å². The molecular formula is C17H22ClN7O. The van der Waals surface area contributed by atoms with E-state index in [1.807, 2.05) is 6.07 Å². The first-order valence-corrected chi connectivity index (χ1v) is 8.46. The van der Waals surface area contributed by atoms with E-state index in [9.17, 15) is 4.79 Å². The van der Waals surface area contributed by atoms with Gasteiger partial charge < -0.3 is 21.3 Å². The van der Waals surface area contributed by atoms with Gasteiger partial charge in [-0.15, -0.1) is 12.4 Å². The SMILES string of the molecule is Cc1c(Nc2nccc(N3C[C@H]4CC[C@@H](C3)N4)n2)ccnc1C(N)=O.Cl. The number of nitrogens with one attached hydrogen (secondary N) is 2. The number of fused-ring (bicyclic) bond motifs is 2. The second-order valence-corrected chi connectivity index (χ2v) is 6.60. The van der Waals surface area contributed by atoms with Crippen LogP contribution in [-0.2, 0) is 0 Å². The number of nitrogens with two attached hydrogens (primary N) is 1. The lowest BCUT2D eigenvalue weighted by Gasteiger charge is -2.33. The summed E-state index contributed by atoms with van der Waals surface area (Å²) in [5.74, 6) is 0.859. The topological polar surface area (TPSA) is 109 Å². The van der Waals surface area contributed by atoms with Gasteiger partial charge in [0, 0.05) is 48.8 Å². The number of pyridine rings is 1. The lowest BCUT2D eigenvalue weighted by molar-refractivity contribution is 0.0995. The van der Waals surface area contributed by atoms with Crippen molar-refractivity contribution < 1.29 is 4.79 Å². The number of nitrogens with zero attached hydrogens (tertiary/aromatic N) is 4. The average Bonchev–Trinajstić information content (AvgIpc) is 2.94. The van der Waals surface area contributed by atoms with Crippen molar-refractivity contribution in [3.05, 3.63) is 35.8 Å². The van der Waals surface area contributed by atoms with E-state index >= 15 is 0 Å². The molecule has 2 aromatic rings. The number of primary amides is 1. The van der Waals surface area contributed by atoms with Gasteiger partial charge in [-0.1, -0.05) is 0 Å². The van der Waals surface area contributed by atoms with Crippen LogP contribution >= 0.6 is 12.4 Å². The van der Waals surface area contributed by atoms with Gasteiger partial charge in [0.15, 0.2) is 0 Å². The maximum Gasteiger partial charge on any atom is 0.267 e. The molecule has 4 heterocycles. The van der Waals surface area contributed by atoms with Gasteiger partial charge in [0.2, 0.25) is 5.95 Å². The predicted molar refractivity (Wildman–Crippen MR) is 102 cm³/mol. The second kappa shape index (κ2) is 7.43. The summed E-state index contributed by atoms with van der Waals surface area (Å²) in [6, 6.07) is 4.81. The summed E-state index contributed by atoms with van der Waals surface area (Å²) in [7, 11) is 0. The van der Waals surface area contributed by atoms with Crippen molar-refractivity contribution in [1.29, 1.82) is 0 Å². The molecule has 2 bridgehead atoms. The molecule has 9 heteroatoms. The molecule has 2 fully saturated rings. The highest BCUT2D eigenvalue weighted by Gasteiger charge is 2.32. The highest BCUT2D eigenvalue weighted by Crippen LogP contribution is 2.25. The third kappa shape index (κ3) is 3.56. The molecule has 2 aliphatic rings. The maximum absolute atomic E-state index is 11.4. The van der Waals surface area contributed by atoms with Crippen molar-refractivity contribution in [2.24, 2.45) is 5.73 Å². The van der Waals surface area contributed by atoms with Gasteiger partial charge in [-0.2, -0.15) is 4.98 Å². The molecule has 1 amide bonds. The van der Waals surface area contributed by atoms with Gasteiger partial charge in [0.1, 0.15) is 11.5 Å². The minimum atomic E-state index is -0.549. The van der Waals surface area contributed by atoms with Gasteiger partial charge in [0.25, 0.3) is 5.91 Å². The van der Waals surface area contributed by atoms with Crippen LogP contribution < -0.4 is 21.3 Å². The molecule has 0 unspecified atom stereocenters. The number of piperazine rings is 1. The molecule has 0 aliphatic carbocycles. The molecule has 4 rings (SSSR count). The van der Waals surface area contributed by atoms with E-state index in [0.717, 1.165) is 24.6 Å². The quantitative estimate of drug-likeness (QED) is 0.740. The lowest BCUT2D eigenvalue weighted by Crippen LogP contribution is -2.51. The van der Waals surface area contributed by atoms with Crippen molar-refractivity contribution in [2.45, 2.75) is 31.8 Å². The highest BCUT2D eigenvalue weighted by atomic mass is 35.5. The summed E-state index contributed by atoms with van der Waals surface area (Å²) in [5, 5.41) is 6.79. The van der Waals surface area contributed by atoms with Crippen LogP contribution in [0.2, 0.25) is 0 Å². The van der Waals surface area contributed by atoms with Crippen molar-refractivity contribution >= 4 is 35.8 Å². The Morgan fingerprint density at radius 2 is 1.92 bits per heavy atom. The number of carbonyl (C=O) groups is 1. The van der Waals surface area contributed by atoms with Gasteiger partial charge >= 0.3 is 0 Å². The van der Waals surface area contributed by atoms with Gasteiger partial charge in [-0.05, 0) is 31.9 Å². The van der Waals surface area contributed by atoms with Crippen LogP contribution in [0.5, 0.6) is 0 Å². The van der Waals surface area contributed by atoms with Crippen LogP contribution in [0.4, 0.5) is 17.5 Å². The average molecular weight is 376 g/mol. The number of hydrogen-bond donors (Lipinski definition) is 3. The molecule has 26 heavy (non-hydrogen) atoms. The Bertz CT molecular complexity index is 803. The molecule has 0 spiro atoms. The zero-order chi connectivity index (χ0) is 17.4. The van der Waals surface area contributed by atoms with E-state index in [4.69, 9.17) is 5.73 Å². The largest absolute Gasteiger partial charge is 0.364 e. The van der Waals surface area contributed by atoms with Crippen molar-refractivity contribution in [3.8, 4) is 0 Å². The number of hydrogen-bond acceptors (Lipinski definition) is 7. The Balaban J connectivity index is 0.00000196. The fourth-order valence-electron chi connectivity index (χ4n) is 3.61. The number of amides is 1. The third-order valence-corrected chi connectivity index (χ3v) is 4.87. The smallest absolute Gasteiger partial charge is 0.267 e. The van der Waals surface area contributed by atoms with E-state index in [-0.39, 0.29) is 18.1 Å². The Labute approximate surface area is 158 Å². The highest BCUT2D eigenvalue weighted by molar-refractivity contribution is 5.93. The van der Waals surface area contributed by atoms with Gasteiger partial charge in [-0.3, -0.25) is 9.78 Å². The second-order valence-electron chi connectivity index (χ2n) is 6.60. The molecule has 2 aliphatic heterocycles. The van der Waals surface area contributed by atoms with Crippen molar-refractivity contribution in [3.63, 3.8) is 0 Å². The van der Waals surface area contributed by atoms with E-state index in [1.165, 1.54) is 12.8 Å². The van der Waals surface area contributed by atoms with Crippen LogP contribution in [0.15, 0.2) is 24.5 Å². The Kier molecular flexibility index (Phi) is 5.24. The van der Waals surface area contributed by atoms with E-state index in [2.05, 4.69) is 30.5 Å². The van der Waals surface area contributed by atoms with Crippen molar-refractivity contribution in [1.82, 2.24) is 20.3 Å². The summed E-state index contributed by atoms with van der Waals surface area (Å²) >= 11 is 0. The summed E-state index contributed by atoms with van der Waals surface area (Å²) in [6.07, 6.45) is 5.75. The zero-order valence-electron chi connectivity index (χ0n) is 14.5. The summed E-state index contributed by atoms with van der Waals surface area (Å²) < 4.78 is 0. The first-order valence-electron chi connectivity index (χ1n) is 8.46. The molecule has 8 nitrogen and oxygen atoms in total. The lowest BCUT2D eigenvalue weighted by atomic mass is 10.1. The maximum atomic E-state index is 11.4. The fraction of sp³-hybridized carbons (Fsp3) is 0.412. The van der Waals surface area contributed by atoms with Crippen LogP contribution in [0.3, 0.4) is 0 Å². The third-order valence-electron chi connectivity index (χ3n) is 4.87. The normalized spacial score (nSPS) is 21.2. The minimum Gasteiger partial charge on any atom is -0.364 e. The fourth-order valence-corrected chi connectivity index (χ4v) is 3.61. The Morgan fingerprint density at radius 1 is 1.23 bits per heavy atom. The van der Waals surface area contributed by atoms with E-state index in [1.54, 1.807) is 25.4 Å². The molecule has 0 saturated carbocycles. The molecule has 2 saturated heterocycles. The molecule has 0 radical (unpaired) electrons. The number of carbonyl (C=O) groups excluding carboxylic acids is 1.